The summed E-state index contributed by atoms with van der Waals surface area (Å²) in [6.07, 6.45) is 40.2. The van der Waals surface area contributed by atoms with Crippen molar-refractivity contribution in [1.29, 1.82) is 0 Å². The first kappa shape index (κ1) is 49.4. The number of esters is 2. The highest BCUT2D eigenvalue weighted by Crippen LogP contribution is 2.43. The largest absolute Gasteiger partial charge is 0.472 e. The molecule has 0 saturated carbocycles. The number of aliphatic hydroxyl groups excluding tert-OH is 2. The highest BCUT2D eigenvalue weighted by Gasteiger charge is 2.27. The second-order valence-corrected chi connectivity index (χ2v) is 14.0. The summed E-state index contributed by atoms with van der Waals surface area (Å²) < 4.78 is 32.4. The van der Waals surface area contributed by atoms with Gasteiger partial charge in [0.05, 0.1) is 26.4 Å². The van der Waals surface area contributed by atoms with Gasteiger partial charge < -0.3 is 24.6 Å². The molecule has 0 aromatic carbocycles. The molecule has 52 heavy (non-hydrogen) atoms. The van der Waals surface area contributed by atoms with E-state index in [1.165, 1.54) is 12.8 Å². The Bertz CT molecular complexity index is 1100. The number of carbonyl (C=O) groups is 2. The van der Waals surface area contributed by atoms with E-state index in [2.05, 4.69) is 86.8 Å². The Balaban J connectivity index is 4.07. The van der Waals surface area contributed by atoms with Crippen LogP contribution >= 0.6 is 7.82 Å². The lowest BCUT2D eigenvalue weighted by atomic mass is 10.1. The lowest BCUT2D eigenvalue weighted by molar-refractivity contribution is -0.153. The fraction of sp³-hybridized carbons (Fsp3) is 0.659. The number of allylic oxidation sites excluding steroid dienone is 12. The first-order valence-electron chi connectivity index (χ1n) is 19.4. The second-order valence-electron chi connectivity index (χ2n) is 12.5. The summed E-state index contributed by atoms with van der Waals surface area (Å²) in [7, 11) is -4.65. The molecular weight excluding hydrogens is 683 g/mol. The van der Waals surface area contributed by atoms with Crippen LogP contribution in [0.4, 0.5) is 0 Å². The van der Waals surface area contributed by atoms with Gasteiger partial charge in [-0.15, -0.1) is 0 Å². The van der Waals surface area contributed by atoms with Crippen molar-refractivity contribution in [2.75, 3.05) is 26.4 Å². The molecule has 298 valence electrons. The molecule has 0 saturated heterocycles. The van der Waals surface area contributed by atoms with Gasteiger partial charge >= 0.3 is 19.8 Å². The standard InChI is InChI=1S/C41H69O10P/c1-3-5-7-9-11-13-15-17-19-21-23-25-27-29-31-33-41(45)51-39(35-43)37-49-52(46,47)48-36-38(34-42)50-40(44)32-30-28-26-24-22-20-18-16-14-12-10-8-6-4-2/h5,7,10-13,16-19,23,25,38-39,42-43H,3-4,6,8-9,14-15,20-22,24,26-37H2,1-2H3,(H,46,47)/b7-5-,12-10-,13-11-,18-16-,19-17-,25-23-. The van der Waals surface area contributed by atoms with E-state index >= 15 is 0 Å². The Hall–Kier alpha value is -2.59. The molecule has 0 amide bonds. The summed E-state index contributed by atoms with van der Waals surface area (Å²) in [5.74, 6) is -1.08. The average molecular weight is 753 g/mol. The highest BCUT2D eigenvalue weighted by atomic mass is 31.2. The zero-order chi connectivity index (χ0) is 38.4. The van der Waals surface area contributed by atoms with Gasteiger partial charge in [-0.1, -0.05) is 119 Å². The summed E-state index contributed by atoms with van der Waals surface area (Å²) in [6.45, 7) is 1.95. The predicted octanol–water partition coefficient (Wildman–Crippen LogP) is 9.72. The van der Waals surface area contributed by atoms with Gasteiger partial charge in [-0.2, -0.15) is 0 Å². The molecule has 3 unspecified atom stereocenters. The number of hydrogen-bond donors (Lipinski definition) is 3. The van der Waals surface area contributed by atoms with Crippen molar-refractivity contribution in [2.45, 2.75) is 148 Å². The normalized spacial score (nSPS) is 14.8. The van der Waals surface area contributed by atoms with Gasteiger partial charge in [-0.3, -0.25) is 18.6 Å². The average Bonchev–Trinajstić information content (AvgIpc) is 3.13. The monoisotopic (exact) mass is 752 g/mol. The minimum Gasteiger partial charge on any atom is -0.457 e. The van der Waals surface area contributed by atoms with E-state index in [-0.39, 0.29) is 12.8 Å². The number of aliphatic hydroxyl groups is 2. The molecular formula is C41H69O10P. The third-order valence-electron chi connectivity index (χ3n) is 7.65. The van der Waals surface area contributed by atoms with Crippen LogP contribution in [0.2, 0.25) is 0 Å². The van der Waals surface area contributed by atoms with Gasteiger partial charge in [0.15, 0.2) is 0 Å². The van der Waals surface area contributed by atoms with Crippen LogP contribution in [0.3, 0.4) is 0 Å². The molecule has 0 aliphatic rings. The highest BCUT2D eigenvalue weighted by molar-refractivity contribution is 7.47. The van der Waals surface area contributed by atoms with Gasteiger partial charge in [0.2, 0.25) is 0 Å². The van der Waals surface area contributed by atoms with Crippen LogP contribution in [0.15, 0.2) is 72.9 Å². The van der Waals surface area contributed by atoms with Gasteiger partial charge in [-0.25, -0.2) is 4.57 Å². The van der Waals surface area contributed by atoms with Crippen LogP contribution in [0.5, 0.6) is 0 Å². The zero-order valence-electron chi connectivity index (χ0n) is 32.0. The number of ether oxygens (including phenoxy) is 2. The van der Waals surface area contributed by atoms with E-state index in [1.54, 1.807) is 0 Å². The van der Waals surface area contributed by atoms with Crippen molar-refractivity contribution in [1.82, 2.24) is 0 Å². The molecule has 3 N–H and O–H groups in total. The molecule has 0 aromatic heterocycles. The van der Waals surface area contributed by atoms with Gasteiger partial charge in [0.25, 0.3) is 0 Å². The molecule has 0 bridgehead atoms. The Morgan fingerprint density at radius 2 is 0.904 bits per heavy atom. The summed E-state index contributed by atoms with van der Waals surface area (Å²) >= 11 is 0. The second kappa shape index (κ2) is 36.8. The molecule has 0 heterocycles. The van der Waals surface area contributed by atoms with Gasteiger partial charge in [0.1, 0.15) is 12.2 Å². The first-order chi connectivity index (χ1) is 25.3. The number of unbranched alkanes of at least 4 members (excludes halogenated alkanes) is 9. The van der Waals surface area contributed by atoms with Crippen LogP contribution in [0, 0.1) is 0 Å². The lowest BCUT2D eigenvalue weighted by Gasteiger charge is -2.20. The number of carbonyl (C=O) groups excluding carboxylic acids is 2. The minimum absolute atomic E-state index is 0.135. The van der Waals surface area contributed by atoms with Crippen LogP contribution in [0.1, 0.15) is 136 Å². The van der Waals surface area contributed by atoms with Crippen molar-refractivity contribution in [2.24, 2.45) is 0 Å². The third kappa shape index (κ3) is 34.5. The van der Waals surface area contributed by atoms with Crippen LogP contribution in [0.25, 0.3) is 0 Å². The van der Waals surface area contributed by atoms with E-state index in [0.29, 0.717) is 12.8 Å². The maximum Gasteiger partial charge on any atom is 0.472 e. The Labute approximate surface area is 314 Å². The number of rotatable bonds is 35. The molecule has 0 aromatic rings. The summed E-state index contributed by atoms with van der Waals surface area (Å²) in [4.78, 5) is 34.4. The first-order valence-corrected chi connectivity index (χ1v) is 20.9. The summed E-state index contributed by atoms with van der Waals surface area (Å²) in [6, 6.07) is 0. The predicted molar refractivity (Wildman–Crippen MR) is 210 cm³/mol. The molecule has 0 aliphatic heterocycles. The Kier molecular flexibility index (Phi) is 34.9. The lowest BCUT2D eigenvalue weighted by Crippen LogP contribution is -2.28. The third-order valence-corrected chi connectivity index (χ3v) is 8.60. The summed E-state index contributed by atoms with van der Waals surface area (Å²) in [5, 5.41) is 19.1. The Morgan fingerprint density at radius 1 is 0.538 bits per heavy atom. The SMILES string of the molecule is CC/C=C\C/C=C\C/C=C\C/C=C\CCCCC(=O)OC(CO)COP(=O)(O)OCC(CO)OC(=O)CCCCCCC/C=C\C/C=C\CCCC. The van der Waals surface area contributed by atoms with Crippen LogP contribution in [-0.2, 0) is 32.7 Å². The number of hydrogen-bond acceptors (Lipinski definition) is 9. The van der Waals surface area contributed by atoms with Gasteiger partial charge in [-0.05, 0) is 77.0 Å². The fourth-order valence-electron chi connectivity index (χ4n) is 4.65. The molecule has 0 radical (unpaired) electrons. The molecule has 0 aliphatic carbocycles. The molecule has 10 nitrogen and oxygen atoms in total. The Morgan fingerprint density at radius 3 is 1.35 bits per heavy atom. The van der Waals surface area contributed by atoms with E-state index in [9.17, 15) is 29.3 Å². The quantitative estimate of drug-likeness (QED) is 0.0247. The maximum atomic E-state index is 12.3. The number of phosphoric acid groups is 1. The van der Waals surface area contributed by atoms with Crippen molar-refractivity contribution < 1.29 is 47.8 Å². The van der Waals surface area contributed by atoms with E-state index in [1.807, 2.05) is 0 Å². The number of phosphoric ester groups is 1. The topological polar surface area (TPSA) is 149 Å². The van der Waals surface area contributed by atoms with E-state index in [4.69, 9.17) is 18.5 Å². The smallest absolute Gasteiger partial charge is 0.457 e. The summed E-state index contributed by atoms with van der Waals surface area (Å²) in [5.41, 5.74) is 0. The van der Waals surface area contributed by atoms with Crippen LogP contribution in [-0.4, -0.2) is 65.7 Å². The van der Waals surface area contributed by atoms with E-state index < -0.39 is 58.4 Å². The van der Waals surface area contributed by atoms with Crippen molar-refractivity contribution in [3.8, 4) is 0 Å². The fourth-order valence-corrected chi connectivity index (χ4v) is 5.43. The molecule has 0 fully saturated rings. The van der Waals surface area contributed by atoms with E-state index in [0.717, 1.165) is 83.5 Å². The zero-order valence-corrected chi connectivity index (χ0v) is 32.9. The molecule has 3 atom stereocenters. The van der Waals surface area contributed by atoms with Crippen molar-refractivity contribution in [3.63, 3.8) is 0 Å². The van der Waals surface area contributed by atoms with Crippen molar-refractivity contribution in [3.05, 3.63) is 72.9 Å². The maximum absolute atomic E-state index is 12.3. The van der Waals surface area contributed by atoms with Crippen LogP contribution < -0.4 is 0 Å². The van der Waals surface area contributed by atoms with Gasteiger partial charge in [0, 0.05) is 12.8 Å². The molecule has 11 heteroatoms. The van der Waals surface area contributed by atoms with Crippen molar-refractivity contribution >= 4 is 19.8 Å². The minimum atomic E-state index is -4.65. The molecule has 0 spiro atoms. The molecule has 0 rings (SSSR count).